The predicted molar refractivity (Wildman–Crippen MR) is 56.8 cm³/mol. The van der Waals surface area contributed by atoms with E-state index in [4.69, 9.17) is 0 Å². The number of nitrogens with one attached hydrogen (secondary N) is 1. The van der Waals surface area contributed by atoms with Gasteiger partial charge in [-0.3, -0.25) is 4.79 Å². The molecule has 63 valence electrons. The molecule has 0 bridgehead atoms. The van der Waals surface area contributed by atoms with Gasteiger partial charge in [0, 0.05) is 22.9 Å². The Morgan fingerprint density at radius 2 is 2.08 bits per heavy atom. The lowest BCUT2D eigenvalue weighted by molar-refractivity contribution is 0.538. The van der Waals surface area contributed by atoms with Crippen molar-refractivity contribution < 1.29 is 4.79 Å². The minimum absolute atomic E-state index is 0.201. The Bertz CT molecular complexity index is 238. The van der Waals surface area contributed by atoms with E-state index in [1.54, 1.807) is 0 Å². The zero-order chi connectivity index (χ0) is 8.81. The van der Waals surface area contributed by atoms with Gasteiger partial charge in [0.2, 0.25) is 6.29 Å². The maximum absolute atomic E-state index is 10.3. The topological polar surface area (TPSA) is 29.1 Å². The van der Waals surface area contributed by atoms with Crippen molar-refractivity contribution in [1.82, 2.24) is 3.53 Å². The highest BCUT2D eigenvalue weighted by atomic mass is 127. The lowest BCUT2D eigenvalue weighted by Crippen LogP contribution is -2.24. The Labute approximate surface area is 85.9 Å². The molecule has 0 unspecified atom stereocenters. The van der Waals surface area contributed by atoms with Crippen LogP contribution in [0, 0.1) is 0 Å². The fourth-order valence-electron chi connectivity index (χ4n) is 0.952. The third kappa shape index (κ3) is 2.91. The van der Waals surface area contributed by atoms with Gasteiger partial charge >= 0.3 is 0 Å². The molecule has 0 aliphatic rings. The van der Waals surface area contributed by atoms with E-state index in [-0.39, 0.29) is 6.04 Å². The van der Waals surface area contributed by atoms with E-state index in [0.717, 1.165) is 5.56 Å². The van der Waals surface area contributed by atoms with E-state index >= 15 is 0 Å². The van der Waals surface area contributed by atoms with Crippen molar-refractivity contribution in [2.75, 3.05) is 0 Å². The van der Waals surface area contributed by atoms with E-state index < -0.39 is 0 Å². The van der Waals surface area contributed by atoms with Crippen molar-refractivity contribution in [2.45, 2.75) is 12.5 Å². The van der Waals surface area contributed by atoms with Crippen LogP contribution < -0.4 is 3.53 Å². The molecule has 0 saturated carbocycles. The van der Waals surface area contributed by atoms with Crippen LogP contribution in [0.15, 0.2) is 30.3 Å². The van der Waals surface area contributed by atoms with Crippen LogP contribution in [-0.4, -0.2) is 12.3 Å². The molecule has 1 rings (SSSR count). The fourth-order valence-corrected chi connectivity index (χ4v) is 1.30. The Morgan fingerprint density at radius 1 is 1.42 bits per heavy atom. The first-order valence-corrected chi connectivity index (χ1v) is 4.72. The first-order chi connectivity index (χ1) is 5.86. The molecule has 0 aliphatic carbocycles. The summed E-state index contributed by atoms with van der Waals surface area (Å²) < 4.78 is 2.85. The number of hydrogen-bond donors (Lipinski definition) is 1. The van der Waals surface area contributed by atoms with Crippen LogP contribution in [0.2, 0.25) is 0 Å². The second-order valence-corrected chi connectivity index (χ2v) is 3.09. The van der Waals surface area contributed by atoms with E-state index in [9.17, 15) is 4.79 Å². The number of carbonyl (C=O) groups excluding carboxylic acids is 1. The summed E-state index contributed by atoms with van der Waals surface area (Å²) in [5, 5.41) is 0. The molecule has 0 amide bonds. The molecular weight excluding hydrogens is 265 g/mol. The van der Waals surface area contributed by atoms with Crippen LogP contribution in [-0.2, 0) is 11.2 Å². The lowest BCUT2D eigenvalue weighted by Gasteiger charge is -2.05. The summed E-state index contributed by atoms with van der Waals surface area (Å²) in [6, 6.07) is 9.68. The molecular formula is C9H9INO. The second-order valence-electron chi connectivity index (χ2n) is 2.47. The van der Waals surface area contributed by atoms with E-state index in [1.165, 1.54) is 0 Å². The van der Waals surface area contributed by atoms with Crippen LogP contribution in [0.4, 0.5) is 0 Å². The van der Waals surface area contributed by atoms with E-state index in [0.29, 0.717) is 6.42 Å². The lowest BCUT2D eigenvalue weighted by atomic mass is 10.1. The molecule has 0 spiro atoms. The number of rotatable bonds is 4. The molecule has 1 radical (unpaired) electrons. The summed E-state index contributed by atoms with van der Waals surface area (Å²) in [6.45, 7) is 0. The van der Waals surface area contributed by atoms with Gasteiger partial charge in [0.25, 0.3) is 0 Å². The number of hydrogen-bond acceptors (Lipinski definition) is 2. The van der Waals surface area contributed by atoms with E-state index in [1.807, 2.05) is 59.5 Å². The molecule has 1 aromatic rings. The maximum Gasteiger partial charge on any atom is 0.217 e. The zero-order valence-electron chi connectivity index (χ0n) is 6.46. The molecule has 1 N–H and O–H groups in total. The van der Waals surface area contributed by atoms with Crippen molar-refractivity contribution in [2.24, 2.45) is 0 Å². The highest BCUT2D eigenvalue weighted by Crippen LogP contribution is 2.02. The molecule has 1 atom stereocenters. The first-order valence-electron chi connectivity index (χ1n) is 3.64. The van der Waals surface area contributed by atoms with Gasteiger partial charge in [-0.25, -0.2) is 3.53 Å². The Balaban J connectivity index is 2.56. The van der Waals surface area contributed by atoms with Crippen LogP contribution in [0.5, 0.6) is 0 Å². The second kappa shape index (κ2) is 5.27. The standard InChI is InChI=1S/C9H9INO/c10-11-9(7-12)6-8-4-2-1-3-5-8/h1-5,9,11H,6H2/t9-/m0/s1. The van der Waals surface area contributed by atoms with Crippen LogP contribution in [0.1, 0.15) is 5.56 Å². The van der Waals surface area contributed by atoms with Crippen molar-refractivity contribution >= 4 is 29.2 Å². The molecule has 3 heteroatoms. The summed E-state index contributed by atoms with van der Waals surface area (Å²) in [4.78, 5) is 10.3. The zero-order valence-corrected chi connectivity index (χ0v) is 8.61. The van der Waals surface area contributed by atoms with Crippen LogP contribution >= 0.6 is 22.9 Å². The highest BCUT2D eigenvalue weighted by Gasteiger charge is 2.05. The Kier molecular flexibility index (Phi) is 4.24. The summed E-state index contributed by atoms with van der Waals surface area (Å²) >= 11 is 1.96. The molecule has 0 aliphatic heterocycles. The van der Waals surface area contributed by atoms with Crippen molar-refractivity contribution in [3.63, 3.8) is 0 Å². The van der Waals surface area contributed by atoms with Gasteiger partial charge in [-0.2, -0.15) is 0 Å². The Hall–Kier alpha value is -0.420. The first kappa shape index (κ1) is 9.67. The maximum atomic E-state index is 10.3. The smallest absolute Gasteiger partial charge is 0.217 e. The molecule has 0 heterocycles. The van der Waals surface area contributed by atoms with Gasteiger partial charge in [-0.15, -0.1) is 0 Å². The monoisotopic (exact) mass is 274 g/mol. The molecule has 1 aromatic carbocycles. The minimum atomic E-state index is -0.201. The van der Waals surface area contributed by atoms with E-state index in [2.05, 4.69) is 3.53 Å². The fraction of sp³-hybridized carbons (Fsp3) is 0.222. The van der Waals surface area contributed by atoms with Gasteiger partial charge < -0.3 is 0 Å². The largest absolute Gasteiger partial charge is 0.289 e. The van der Waals surface area contributed by atoms with Crippen molar-refractivity contribution in [3.8, 4) is 0 Å². The summed E-state index contributed by atoms with van der Waals surface area (Å²) in [7, 11) is 0. The Morgan fingerprint density at radius 3 is 2.58 bits per heavy atom. The SMILES string of the molecule is O=[C][C@H](Cc1ccccc1)NI. The number of benzene rings is 1. The van der Waals surface area contributed by atoms with Gasteiger partial charge in [0.05, 0.1) is 6.04 Å². The average molecular weight is 274 g/mol. The predicted octanol–water partition coefficient (Wildman–Crippen LogP) is 1.65. The van der Waals surface area contributed by atoms with Gasteiger partial charge in [0.15, 0.2) is 0 Å². The molecule has 2 nitrogen and oxygen atoms in total. The molecule has 0 saturated heterocycles. The van der Waals surface area contributed by atoms with Crippen molar-refractivity contribution in [1.29, 1.82) is 0 Å². The van der Waals surface area contributed by atoms with Gasteiger partial charge in [0.1, 0.15) is 0 Å². The molecule has 0 aromatic heterocycles. The quantitative estimate of drug-likeness (QED) is 0.668. The summed E-state index contributed by atoms with van der Waals surface area (Å²) in [5.74, 6) is 0. The summed E-state index contributed by atoms with van der Waals surface area (Å²) in [5.41, 5.74) is 1.15. The third-order valence-electron chi connectivity index (χ3n) is 1.56. The third-order valence-corrected chi connectivity index (χ3v) is 2.31. The van der Waals surface area contributed by atoms with Gasteiger partial charge in [-0.1, -0.05) is 30.3 Å². The minimum Gasteiger partial charge on any atom is -0.289 e. The molecule has 0 fully saturated rings. The van der Waals surface area contributed by atoms with Gasteiger partial charge in [-0.05, 0) is 12.0 Å². The summed E-state index contributed by atoms with van der Waals surface area (Å²) in [6.07, 6.45) is 2.63. The molecule has 12 heavy (non-hydrogen) atoms. The van der Waals surface area contributed by atoms with Crippen LogP contribution in [0.25, 0.3) is 0 Å². The normalized spacial score (nSPS) is 12.4. The van der Waals surface area contributed by atoms with Crippen molar-refractivity contribution in [3.05, 3.63) is 35.9 Å². The van der Waals surface area contributed by atoms with Crippen LogP contribution in [0.3, 0.4) is 0 Å². The highest BCUT2D eigenvalue weighted by molar-refractivity contribution is 14.1. The average Bonchev–Trinajstić information content (AvgIpc) is 2.16. The number of halogens is 1.